The molecule has 0 radical (unpaired) electrons. The highest BCUT2D eigenvalue weighted by molar-refractivity contribution is 5.93. The molecule has 8 heteroatoms. The van der Waals surface area contributed by atoms with Crippen LogP contribution in [0.4, 0.5) is 5.69 Å². The SMILES string of the molecule is COc1cc(NC(=O)CN2C[C@@H](CN)[C@H](c3ccccc3)C2)cc(OC)c1OC.Cl. The summed E-state index contributed by atoms with van der Waals surface area (Å²) >= 11 is 0. The van der Waals surface area contributed by atoms with Gasteiger partial charge in [-0.05, 0) is 18.0 Å². The monoisotopic (exact) mass is 435 g/mol. The number of carbonyl (C=O) groups excluding carboxylic acids is 1. The molecule has 1 aliphatic heterocycles. The lowest BCUT2D eigenvalue weighted by Crippen LogP contribution is -2.32. The molecule has 30 heavy (non-hydrogen) atoms. The summed E-state index contributed by atoms with van der Waals surface area (Å²) in [5.41, 5.74) is 7.87. The molecule has 0 unspecified atom stereocenters. The number of halogens is 1. The Bertz CT molecular complexity index is 809. The number of nitrogens with two attached hydrogens (primary N) is 1. The second kappa shape index (κ2) is 11.1. The van der Waals surface area contributed by atoms with Crippen LogP contribution in [0.1, 0.15) is 11.5 Å². The summed E-state index contributed by atoms with van der Waals surface area (Å²) in [7, 11) is 4.64. The van der Waals surface area contributed by atoms with Gasteiger partial charge in [-0.25, -0.2) is 0 Å². The highest BCUT2D eigenvalue weighted by Gasteiger charge is 2.33. The van der Waals surface area contributed by atoms with Gasteiger partial charge in [-0.15, -0.1) is 12.4 Å². The van der Waals surface area contributed by atoms with Crippen molar-refractivity contribution in [3.63, 3.8) is 0 Å². The normalized spacial score (nSPS) is 18.4. The third kappa shape index (κ3) is 5.36. The van der Waals surface area contributed by atoms with Crippen LogP contribution in [0.3, 0.4) is 0 Å². The number of likely N-dealkylation sites (tertiary alicyclic amines) is 1. The van der Waals surface area contributed by atoms with E-state index in [0.29, 0.717) is 47.9 Å². The van der Waals surface area contributed by atoms with Gasteiger partial charge in [0.25, 0.3) is 0 Å². The number of ether oxygens (including phenoxy) is 3. The lowest BCUT2D eigenvalue weighted by molar-refractivity contribution is -0.117. The Labute approximate surface area is 183 Å². The van der Waals surface area contributed by atoms with Crippen LogP contribution >= 0.6 is 12.4 Å². The number of hydrogen-bond acceptors (Lipinski definition) is 6. The number of methoxy groups -OCH3 is 3. The highest BCUT2D eigenvalue weighted by atomic mass is 35.5. The van der Waals surface area contributed by atoms with Crippen molar-refractivity contribution < 1.29 is 19.0 Å². The van der Waals surface area contributed by atoms with E-state index in [4.69, 9.17) is 19.9 Å². The van der Waals surface area contributed by atoms with Crippen molar-refractivity contribution in [2.75, 3.05) is 52.8 Å². The maximum atomic E-state index is 12.7. The summed E-state index contributed by atoms with van der Waals surface area (Å²) in [4.78, 5) is 14.8. The van der Waals surface area contributed by atoms with Crippen LogP contribution in [-0.2, 0) is 4.79 Å². The summed E-state index contributed by atoms with van der Waals surface area (Å²) in [6.45, 7) is 2.52. The van der Waals surface area contributed by atoms with E-state index in [1.165, 1.54) is 5.56 Å². The zero-order valence-corrected chi connectivity index (χ0v) is 18.4. The van der Waals surface area contributed by atoms with Gasteiger partial charge >= 0.3 is 0 Å². The molecule has 2 aromatic rings. The Kier molecular flexibility index (Phi) is 8.77. The fraction of sp³-hybridized carbons (Fsp3) is 0.409. The summed E-state index contributed by atoms with van der Waals surface area (Å²) in [5, 5.41) is 2.93. The minimum absolute atomic E-state index is 0. The molecule has 3 N–H and O–H groups in total. The first-order chi connectivity index (χ1) is 14.1. The number of nitrogens with zero attached hydrogens (tertiary/aromatic N) is 1. The number of benzene rings is 2. The number of amides is 1. The van der Waals surface area contributed by atoms with Crippen LogP contribution in [0.5, 0.6) is 17.2 Å². The Balaban J connectivity index is 0.00000320. The average molecular weight is 436 g/mol. The van der Waals surface area contributed by atoms with Crippen LogP contribution in [0.25, 0.3) is 0 Å². The van der Waals surface area contributed by atoms with E-state index in [1.807, 2.05) is 18.2 Å². The first-order valence-corrected chi connectivity index (χ1v) is 9.66. The van der Waals surface area contributed by atoms with E-state index >= 15 is 0 Å². The first-order valence-electron chi connectivity index (χ1n) is 9.66. The van der Waals surface area contributed by atoms with E-state index in [9.17, 15) is 4.79 Å². The predicted octanol–water partition coefficient (Wildman–Crippen LogP) is 2.75. The molecular formula is C22H30ClN3O4. The second-order valence-corrected chi connectivity index (χ2v) is 7.17. The van der Waals surface area contributed by atoms with Crippen LogP contribution in [0.15, 0.2) is 42.5 Å². The third-order valence-corrected chi connectivity index (χ3v) is 5.36. The molecular weight excluding hydrogens is 406 g/mol. The molecule has 1 aliphatic rings. The van der Waals surface area contributed by atoms with Crippen molar-refractivity contribution in [2.24, 2.45) is 11.7 Å². The molecule has 0 aliphatic carbocycles. The standard InChI is InChI=1S/C22H29N3O4.ClH/c1-27-19-9-17(10-20(28-2)22(19)29-3)24-21(26)14-25-12-16(11-23)18(13-25)15-7-5-4-6-8-15;/h4-10,16,18H,11-14,23H2,1-3H3,(H,24,26);1H/t16-,18+;/m1./s1. The van der Waals surface area contributed by atoms with Gasteiger partial charge in [0.1, 0.15) is 0 Å². The molecule has 3 rings (SSSR count). The van der Waals surface area contributed by atoms with Crippen molar-refractivity contribution >= 4 is 24.0 Å². The fourth-order valence-corrected chi connectivity index (χ4v) is 3.96. The van der Waals surface area contributed by atoms with Gasteiger partial charge < -0.3 is 25.3 Å². The number of carbonyl (C=O) groups is 1. The minimum atomic E-state index is -0.0937. The van der Waals surface area contributed by atoms with Gasteiger partial charge in [0, 0.05) is 36.8 Å². The summed E-state index contributed by atoms with van der Waals surface area (Å²) in [5.74, 6) is 2.07. The molecule has 1 amide bonds. The largest absolute Gasteiger partial charge is 0.493 e. The Morgan fingerprint density at radius 2 is 1.70 bits per heavy atom. The van der Waals surface area contributed by atoms with E-state index < -0.39 is 0 Å². The first kappa shape index (κ1) is 23.8. The van der Waals surface area contributed by atoms with E-state index in [0.717, 1.165) is 13.1 Å². The molecule has 164 valence electrons. The van der Waals surface area contributed by atoms with Crippen LogP contribution < -0.4 is 25.3 Å². The fourth-order valence-electron chi connectivity index (χ4n) is 3.96. The van der Waals surface area contributed by atoms with Crippen LogP contribution in [0, 0.1) is 5.92 Å². The molecule has 2 atom stereocenters. The smallest absolute Gasteiger partial charge is 0.238 e. The number of rotatable bonds is 8. The number of hydrogen-bond donors (Lipinski definition) is 2. The van der Waals surface area contributed by atoms with E-state index in [-0.39, 0.29) is 18.3 Å². The highest BCUT2D eigenvalue weighted by Crippen LogP contribution is 2.40. The van der Waals surface area contributed by atoms with E-state index in [1.54, 1.807) is 33.5 Å². The van der Waals surface area contributed by atoms with Crippen molar-refractivity contribution in [3.8, 4) is 17.2 Å². The molecule has 0 aromatic heterocycles. The van der Waals surface area contributed by atoms with Gasteiger partial charge in [-0.3, -0.25) is 9.69 Å². The maximum absolute atomic E-state index is 12.7. The Morgan fingerprint density at radius 3 is 2.23 bits per heavy atom. The summed E-state index contributed by atoms with van der Waals surface area (Å²) in [6.07, 6.45) is 0. The van der Waals surface area contributed by atoms with Gasteiger partial charge in [0.05, 0.1) is 27.9 Å². The summed E-state index contributed by atoms with van der Waals surface area (Å²) < 4.78 is 16.0. The minimum Gasteiger partial charge on any atom is -0.493 e. The van der Waals surface area contributed by atoms with Crippen LogP contribution in [-0.4, -0.2) is 58.3 Å². The Hall–Kier alpha value is -2.48. The maximum Gasteiger partial charge on any atom is 0.238 e. The molecule has 0 spiro atoms. The van der Waals surface area contributed by atoms with Crippen molar-refractivity contribution in [1.82, 2.24) is 4.90 Å². The number of anilines is 1. The lowest BCUT2D eigenvalue weighted by Gasteiger charge is -2.17. The topological polar surface area (TPSA) is 86.1 Å². The van der Waals surface area contributed by atoms with Crippen molar-refractivity contribution in [2.45, 2.75) is 5.92 Å². The summed E-state index contributed by atoms with van der Waals surface area (Å²) in [6, 6.07) is 13.8. The molecule has 7 nitrogen and oxygen atoms in total. The van der Waals surface area contributed by atoms with Gasteiger partial charge in [-0.2, -0.15) is 0 Å². The quantitative estimate of drug-likeness (QED) is 0.663. The molecule has 1 fully saturated rings. The zero-order chi connectivity index (χ0) is 20.8. The van der Waals surface area contributed by atoms with Crippen molar-refractivity contribution in [3.05, 3.63) is 48.0 Å². The molecule has 0 bridgehead atoms. The van der Waals surface area contributed by atoms with Crippen molar-refractivity contribution in [1.29, 1.82) is 0 Å². The average Bonchev–Trinajstić information content (AvgIpc) is 3.16. The Morgan fingerprint density at radius 1 is 1.07 bits per heavy atom. The molecule has 1 heterocycles. The zero-order valence-electron chi connectivity index (χ0n) is 17.6. The predicted molar refractivity (Wildman–Crippen MR) is 120 cm³/mol. The van der Waals surface area contributed by atoms with Gasteiger partial charge in [0.15, 0.2) is 11.5 Å². The van der Waals surface area contributed by atoms with E-state index in [2.05, 4.69) is 22.3 Å². The van der Waals surface area contributed by atoms with Crippen LogP contribution in [0.2, 0.25) is 0 Å². The second-order valence-electron chi connectivity index (χ2n) is 7.17. The lowest BCUT2D eigenvalue weighted by atomic mass is 9.89. The molecule has 2 aromatic carbocycles. The van der Waals surface area contributed by atoms with Gasteiger partial charge in [-0.1, -0.05) is 30.3 Å². The molecule has 1 saturated heterocycles. The molecule has 0 saturated carbocycles. The number of nitrogens with one attached hydrogen (secondary N) is 1. The third-order valence-electron chi connectivity index (χ3n) is 5.36. The van der Waals surface area contributed by atoms with Gasteiger partial charge in [0.2, 0.25) is 11.7 Å².